The largest absolute Gasteiger partial charge is 0.478 e. The van der Waals surface area contributed by atoms with Gasteiger partial charge in [-0.15, -0.1) is 0 Å². The highest BCUT2D eigenvalue weighted by Crippen LogP contribution is 2.29. The molecule has 1 rings (SSSR count). The summed E-state index contributed by atoms with van der Waals surface area (Å²) in [6.07, 6.45) is 2.57. The Balaban J connectivity index is 3.24. The van der Waals surface area contributed by atoms with Crippen molar-refractivity contribution in [2.75, 3.05) is 14.1 Å². The van der Waals surface area contributed by atoms with Crippen LogP contribution in [0, 0.1) is 11.3 Å². The first-order chi connectivity index (χ1) is 15.1. The van der Waals surface area contributed by atoms with Crippen LogP contribution in [0.2, 0.25) is 0 Å². The molecular weight excluding hydrogens is 418 g/mol. The molecule has 0 fully saturated rings. The van der Waals surface area contributed by atoms with Crippen LogP contribution in [-0.4, -0.2) is 60.0 Å². The summed E-state index contributed by atoms with van der Waals surface area (Å²) in [5.41, 5.74) is -0.0786. The number of rotatable bonds is 10. The van der Waals surface area contributed by atoms with E-state index in [0.29, 0.717) is 0 Å². The highest BCUT2D eigenvalue weighted by molar-refractivity contribution is 5.91. The molecule has 2 amide bonds. The Morgan fingerprint density at radius 3 is 1.97 bits per heavy atom. The van der Waals surface area contributed by atoms with Gasteiger partial charge in [0.05, 0.1) is 12.1 Å². The first kappa shape index (κ1) is 28.4. The van der Waals surface area contributed by atoms with Gasteiger partial charge in [0, 0.05) is 18.5 Å². The molecular formula is C26H41N3O4. The van der Waals surface area contributed by atoms with E-state index in [2.05, 4.69) is 10.6 Å². The van der Waals surface area contributed by atoms with E-state index in [-0.39, 0.29) is 17.7 Å². The van der Waals surface area contributed by atoms with Gasteiger partial charge in [-0.1, -0.05) is 84.9 Å². The van der Waals surface area contributed by atoms with E-state index in [9.17, 15) is 14.4 Å². The summed E-state index contributed by atoms with van der Waals surface area (Å²) in [4.78, 5) is 39.6. The minimum Gasteiger partial charge on any atom is -0.478 e. The lowest BCUT2D eigenvalue weighted by molar-refractivity contribution is -0.141. The lowest BCUT2D eigenvalue weighted by atomic mass is 9.76. The van der Waals surface area contributed by atoms with Crippen molar-refractivity contribution in [1.82, 2.24) is 15.5 Å². The number of hydrogen-bond acceptors (Lipinski definition) is 4. The van der Waals surface area contributed by atoms with E-state index < -0.39 is 34.9 Å². The van der Waals surface area contributed by atoms with Gasteiger partial charge in [-0.05, 0) is 23.9 Å². The molecule has 0 aromatic heterocycles. The molecule has 184 valence electrons. The molecule has 0 bridgehead atoms. The van der Waals surface area contributed by atoms with Crippen molar-refractivity contribution in [2.24, 2.45) is 11.3 Å². The molecule has 0 heterocycles. The molecule has 0 spiro atoms. The van der Waals surface area contributed by atoms with Gasteiger partial charge in [0.2, 0.25) is 11.8 Å². The van der Waals surface area contributed by atoms with Crippen LogP contribution in [0.3, 0.4) is 0 Å². The maximum Gasteiger partial charge on any atom is 0.328 e. The Hall–Kier alpha value is -2.67. The number of nitrogens with zero attached hydrogens (tertiary/aromatic N) is 1. The number of benzene rings is 1. The van der Waals surface area contributed by atoms with Crippen molar-refractivity contribution >= 4 is 17.8 Å². The summed E-state index contributed by atoms with van der Waals surface area (Å²) >= 11 is 0. The van der Waals surface area contributed by atoms with E-state index in [1.165, 1.54) is 11.0 Å². The molecule has 0 radical (unpaired) electrons. The number of amides is 2. The second-order valence-electron chi connectivity index (χ2n) is 10.5. The average molecular weight is 460 g/mol. The Kier molecular flexibility index (Phi) is 9.85. The van der Waals surface area contributed by atoms with Crippen LogP contribution in [0.1, 0.15) is 54.0 Å². The molecule has 0 saturated heterocycles. The Labute approximate surface area is 198 Å². The number of hydrogen-bond donors (Lipinski definition) is 3. The Morgan fingerprint density at radius 2 is 1.55 bits per heavy atom. The number of likely N-dealkylation sites (N-methyl/N-ethyl adjacent to an activating group) is 2. The minimum absolute atomic E-state index is 0.00654. The molecule has 3 atom stereocenters. The normalized spacial score (nSPS) is 15.2. The van der Waals surface area contributed by atoms with Crippen molar-refractivity contribution in [3.8, 4) is 0 Å². The predicted molar refractivity (Wildman–Crippen MR) is 132 cm³/mol. The Bertz CT molecular complexity index is 841. The Morgan fingerprint density at radius 1 is 1.00 bits per heavy atom. The third kappa shape index (κ3) is 7.42. The zero-order valence-corrected chi connectivity index (χ0v) is 21.5. The molecule has 0 aliphatic carbocycles. The number of carbonyl (C=O) groups excluding carboxylic acids is 2. The summed E-state index contributed by atoms with van der Waals surface area (Å²) < 4.78 is 0. The lowest BCUT2D eigenvalue weighted by Gasteiger charge is -2.39. The summed E-state index contributed by atoms with van der Waals surface area (Å²) in [5.74, 6) is -1.61. The van der Waals surface area contributed by atoms with Gasteiger partial charge in [-0.3, -0.25) is 9.59 Å². The highest BCUT2D eigenvalue weighted by Gasteiger charge is 2.41. The van der Waals surface area contributed by atoms with Crippen LogP contribution >= 0.6 is 0 Å². The summed E-state index contributed by atoms with van der Waals surface area (Å²) in [6, 6.07) is 7.99. The summed E-state index contributed by atoms with van der Waals surface area (Å²) in [7, 11) is 3.38. The number of aliphatic carboxylic acids is 1. The van der Waals surface area contributed by atoms with Crippen LogP contribution in [0.5, 0.6) is 0 Å². The quantitative estimate of drug-likeness (QED) is 0.467. The van der Waals surface area contributed by atoms with Gasteiger partial charge in [0.25, 0.3) is 0 Å². The molecule has 7 nitrogen and oxygen atoms in total. The molecule has 7 heteroatoms. The third-order valence-electron chi connectivity index (χ3n) is 6.10. The molecule has 0 aliphatic heterocycles. The SMILES string of the molecule is CN[C@H](C(=O)N[C@H](C(=O)N(C)[C@H](/C=C/C(=O)O)C(C)C)C(C)(C)C)C(C)(C)c1ccccc1. The molecule has 33 heavy (non-hydrogen) atoms. The zero-order valence-electron chi connectivity index (χ0n) is 21.5. The van der Waals surface area contributed by atoms with Gasteiger partial charge in [0.15, 0.2) is 0 Å². The second kappa shape index (κ2) is 11.5. The molecule has 0 saturated carbocycles. The first-order valence-electron chi connectivity index (χ1n) is 11.4. The van der Waals surface area contributed by atoms with Crippen molar-refractivity contribution < 1.29 is 19.5 Å². The number of carboxylic acids is 1. The van der Waals surface area contributed by atoms with E-state index in [4.69, 9.17) is 5.11 Å². The van der Waals surface area contributed by atoms with Crippen molar-refractivity contribution in [3.63, 3.8) is 0 Å². The van der Waals surface area contributed by atoms with E-state index in [1.54, 1.807) is 14.1 Å². The van der Waals surface area contributed by atoms with Crippen molar-refractivity contribution in [2.45, 2.75) is 72.0 Å². The predicted octanol–water partition coefficient (Wildman–Crippen LogP) is 3.21. The van der Waals surface area contributed by atoms with Gasteiger partial charge < -0.3 is 20.6 Å². The van der Waals surface area contributed by atoms with Crippen LogP contribution in [0.4, 0.5) is 0 Å². The fourth-order valence-corrected chi connectivity index (χ4v) is 4.06. The molecule has 0 unspecified atom stereocenters. The maximum atomic E-state index is 13.6. The first-order valence-corrected chi connectivity index (χ1v) is 11.4. The molecule has 1 aromatic carbocycles. The number of carboxylic acid groups (broad SMARTS) is 1. The topological polar surface area (TPSA) is 98.7 Å². The summed E-state index contributed by atoms with van der Waals surface area (Å²) in [6.45, 7) is 13.5. The zero-order chi connectivity index (χ0) is 25.6. The van der Waals surface area contributed by atoms with E-state index in [0.717, 1.165) is 11.6 Å². The van der Waals surface area contributed by atoms with Gasteiger partial charge >= 0.3 is 5.97 Å². The highest BCUT2D eigenvalue weighted by atomic mass is 16.4. The maximum absolute atomic E-state index is 13.6. The minimum atomic E-state index is -1.07. The fourth-order valence-electron chi connectivity index (χ4n) is 4.06. The molecule has 3 N–H and O–H groups in total. The molecule has 0 aliphatic rings. The smallest absolute Gasteiger partial charge is 0.328 e. The summed E-state index contributed by atoms with van der Waals surface area (Å²) in [5, 5.41) is 15.1. The van der Waals surface area contributed by atoms with Gasteiger partial charge in [-0.25, -0.2) is 4.79 Å². The van der Waals surface area contributed by atoms with Crippen LogP contribution in [-0.2, 0) is 19.8 Å². The average Bonchev–Trinajstić information content (AvgIpc) is 2.71. The monoisotopic (exact) mass is 459 g/mol. The van der Waals surface area contributed by atoms with Crippen molar-refractivity contribution in [3.05, 3.63) is 48.0 Å². The van der Waals surface area contributed by atoms with Gasteiger partial charge in [0.1, 0.15) is 6.04 Å². The van der Waals surface area contributed by atoms with E-state index in [1.807, 2.05) is 78.8 Å². The second-order valence-corrected chi connectivity index (χ2v) is 10.5. The standard InChI is InChI=1S/C26H41N3O4/c1-17(2)19(15-16-20(30)31)29(9)24(33)22(25(3,4)5)28-23(32)21(27-8)26(6,7)18-13-11-10-12-14-18/h10-17,19,21-22,27H,1-9H3,(H,28,32)(H,30,31)/b16-15+/t19-,21-,22-/m1/s1. The fraction of sp³-hybridized carbons (Fsp3) is 0.577. The van der Waals surface area contributed by atoms with Crippen molar-refractivity contribution in [1.29, 1.82) is 0 Å². The van der Waals surface area contributed by atoms with Crippen LogP contribution < -0.4 is 10.6 Å². The molecule has 1 aromatic rings. The van der Waals surface area contributed by atoms with Crippen LogP contribution in [0.25, 0.3) is 0 Å². The third-order valence-corrected chi connectivity index (χ3v) is 6.10. The lowest BCUT2D eigenvalue weighted by Crippen LogP contribution is -2.61. The number of nitrogens with one attached hydrogen (secondary N) is 2. The van der Waals surface area contributed by atoms with Crippen LogP contribution in [0.15, 0.2) is 42.5 Å². The van der Waals surface area contributed by atoms with E-state index >= 15 is 0 Å². The number of carbonyl (C=O) groups is 3. The van der Waals surface area contributed by atoms with Gasteiger partial charge in [-0.2, -0.15) is 0 Å².